The Hall–Kier alpha value is -2.70. The van der Waals surface area contributed by atoms with Crippen LogP contribution in [0, 0.1) is 6.92 Å². The Morgan fingerprint density at radius 1 is 1.00 bits per heavy atom. The van der Waals surface area contributed by atoms with Gasteiger partial charge in [-0.05, 0) is 18.6 Å². The summed E-state index contributed by atoms with van der Waals surface area (Å²) in [6.45, 7) is 1.60. The Kier molecular flexibility index (Phi) is 6.44. The van der Waals surface area contributed by atoms with E-state index in [9.17, 15) is 24.3 Å². The lowest BCUT2D eigenvalue weighted by molar-refractivity contribution is -0.143. The number of phenolic OH excluding ortho intramolecular Hbond substituents is 1. The molecule has 0 saturated heterocycles. The number of aryl methyl sites for hydroxylation is 1. The van der Waals surface area contributed by atoms with E-state index in [1.165, 1.54) is 13.2 Å². The van der Waals surface area contributed by atoms with E-state index in [1.54, 1.807) is 13.0 Å². The van der Waals surface area contributed by atoms with E-state index < -0.39 is 42.6 Å². The Morgan fingerprint density at radius 2 is 1.61 bits per heavy atom. The van der Waals surface area contributed by atoms with E-state index >= 15 is 0 Å². The van der Waals surface area contributed by atoms with E-state index in [-0.39, 0.29) is 11.3 Å². The van der Waals surface area contributed by atoms with Crippen LogP contribution in [0.3, 0.4) is 0 Å². The van der Waals surface area contributed by atoms with Crippen molar-refractivity contribution in [3.63, 3.8) is 0 Å². The zero-order valence-corrected chi connectivity index (χ0v) is 13.2. The van der Waals surface area contributed by atoms with Gasteiger partial charge in [0.1, 0.15) is 23.7 Å². The molecular weight excluding hydrogens is 304 g/mol. The third kappa shape index (κ3) is 5.21. The number of methoxy groups -OCH3 is 2. The molecule has 0 aliphatic carbocycles. The molecule has 1 aromatic rings. The number of rotatable bonds is 8. The van der Waals surface area contributed by atoms with Crippen molar-refractivity contribution in [1.82, 2.24) is 0 Å². The maximum atomic E-state index is 12.1. The van der Waals surface area contributed by atoms with Crippen LogP contribution < -0.4 is 4.74 Å². The van der Waals surface area contributed by atoms with Crippen LogP contribution in [0.5, 0.6) is 11.5 Å². The summed E-state index contributed by atoms with van der Waals surface area (Å²) in [5.74, 6) is -2.49. The monoisotopic (exact) mass is 322 g/mol. The van der Waals surface area contributed by atoms with Crippen molar-refractivity contribution in [3.8, 4) is 11.5 Å². The Bertz CT molecular complexity index is 623. The number of hydrogen-bond acceptors (Lipinski definition) is 7. The molecule has 1 rings (SSSR count). The van der Waals surface area contributed by atoms with Gasteiger partial charge in [0.05, 0.1) is 32.6 Å². The van der Waals surface area contributed by atoms with E-state index in [2.05, 4.69) is 4.74 Å². The predicted octanol–water partition coefficient (Wildman–Crippen LogP) is 1.37. The summed E-state index contributed by atoms with van der Waals surface area (Å²) in [6, 6.07) is 2.83. The van der Waals surface area contributed by atoms with Crippen molar-refractivity contribution in [3.05, 3.63) is 23.3 Å². The van der Waals surface area contributed by atoms with Crippen LogP contribution in [0.1, 0.15) is 35.2 Å². The largest absolute Gasteiger partial charge is 0.507 e. The number of benzene rings is 1. The molecule has 0 aliphatic rings. The minimum Gasteiger partial charge on any atom is -0.507 e. The van der Waals surface area contributed by atoms with E-state index in [4.69, 9.17) is 4.74 Å². The lowest BCUT2D eigenvalue weighted by Crippen LogP contribution is -2.16. The fraction of sp³-hybridized carbons (Fsp3) is 0.375. The molecule has 0 aliphatic heterocycles. The van der Waals surface area contributed by atoms with Gasteiger partial charge < -0.3 is 14.6 Å². The normalized spacial score (nSPS) is 10.0. The highest BCUT2D eigenvalue weighted by molar-refractivity contribution is 6.15. The highest BCUT2D eigenvalue weighted by Crippen LogP contribution is 2.28. The van der Waals surface area contributed by atoms with Gasteiger partial charge in [0.25, 0.3) is 0 Å². The van der Waals surface area contributed by atoms with Crippen molar-refractivity contribution in [2.45, 2.75) is 26.2 Å². The highest BCUT2D eigenvalue weighted by Gasteiger charge is 2.21. The maximum Gasteiger partial charge on any atom is 0.313 e. The lowest BCUT2D eigenvalue weighted by Gasteiger charge is -2.09. The fourth-order valence-corrected chi connectivity index (χ4v) is 2.06. The number of ketones is 3. The summed E-state index contributed by atoms with van der Waals surface area (Å²) in [4.78, 5) is 46.3. The molecule has 0 spiro atoms. The summed E-state index contributed by atoms with van der Waals surface area (Å²) >= 11 is 0. The van der Waals surface area contributed by atoms with E-state index in [0.29, 0.717) is 11.3 Å². The van der Waals surface area contributed by atoms with Crippen molar-refractivity contribution in [2.24, 2.45) is 0 Å². The quantitative estimate of drug-likeness (QED) is 0.437. The van der Waals surface area contributed by atoms with Gasteiger partial charge in [0.15, 0.2) is 11.6 Å². The zero-order chi connectivity index (χ0) is 17.6. The van der Waals surface area contributed by atoms with Crippen LogP contribution in [0.4, 0.5) is 0 Å². The molecule has 0 bridgehead atoms. The Labute approximate surface area is 133 Å². The molecule has 7 nitrogen and oxygen atoms in total. The van der Waals surface area contributed by atoms with Gasteiger partial charge in [-0.1, -0.05) is 0 Å². The molecule has 0 saturated carbocycles. The van der Waals surface area contributed by atoms with Crippen LogP contribution >= 0.6 is 0 Å². The van der Waals surface area contributed by atoms with Gasteiger partial charge >= 0.3 is 5.97 Å². The summed E-state index contributed by atoms with van der Waals surface area (Å²) in [6.07, 6.45) is -1.58. The molecule has 0 unspecified atom stereocenters. The molecule has 0 fully saturated rings. The number of ether oxygens (including phenoxy) is 2. The van der Waals surface area contributed by atoms with Crippen LogP contribution in [0.25, 0.3) is 0 Å². The minimum absolute atomic E-state index is 0.0135. The average Bonchev–Trinajstić information content (AvgIpc) is 2.45. The SMILES string of the molecule is COC(=O)CC(=O)CC(=O)CC(=O)c1c(C)cc(OC)cc1O. The van der Waals surface area contributed by atoms with Gasteiger partial charge in [-0.25, -0.2) is 0 Å². The number of carbonyl (C=O) groups excluding carboxylic acids is 4. The van der Waals surface area contributed by atoms with E-state index in [1.807, 2.05) is 0 Å². The predicted molar refractivity (Wildman–Crippen MR) is 79.6 cm³/mol. The Morgan fingerprint density at radius 3 is 2.13 bits per heavy atom. The summed E-state index contributed by atoms with van der Waals surface area (Å²) in [7, 11) is 2.56. The van der Waals surface area contributed by atoms with Gasteiger partial charge in [0, 0.05) is 6.07 Å². The first-order chi connectivity index (χ1) is 10.8. The second-order valence-electron chi connectivity index (χ2n) is 4.95. The topological polar surface area (TPSA) is 107 Å². The van der Waals surface area contributed by atoms with Gasteiger partial charge in [-0.15, -0.1) is 0 Å². The smallest absolute Gasteiger partial charge is 0.313 e. The third-order valence-corrected chi connectivity index (χ3v) is 3.12. The second-order valence-corrected chi connectivity index (χ2v) is 4.95. The van der Waals surface area contributed by atoms with Gasteiger partial charge in [0.2, 0.25) is 0 Å². The van der Waals surface area contributed by atoms with Crippen LogP contribution in [0.2, 0.25) is 0 Å². The van der Waals surface area contributed by atoms with Crippen molar-refractivity contribution in [1.29, 1.82) is 0 Å². The first-order valence-corrected chi connectivity index (χ1v) is 6.79. The molecule has 7 heteroatoms. The van der Waals surface area contributed by atoms with E-state index in [0.717, 1.165) is 7.11 Å². The standard InChI is InChI=1S/C16H18O7/c1-9-4-12(22-2)8-14(20)16(9)13(19)6-10(17)5-11(18)7-15(21)23-3/h4,8,20H,5-7H2,1-3H3. The first-order valence-electron chi connectivity index (χ1n) is 6.79. The second kappa shape index (κ2) is 8.07. The summed E-state index contributed by atoms with van der Waals surface area (Å²) in [5, 5.41) is 9.88. The molecule has 0 radical (unpaired) electrons. The maximum absolute atomic E-state index is 12.1. The van der Waals surface area contributed by atoms with Crippen LogP contribution in [-0.4, -0.2) is 42.6 Å². The molecule has 0 amide bonds. The number of carbonyl (C=O) groups is 4. The number of Topliss-reactive ketones (excluding diaryl/α,β-unsaturated/α-hetero) is 3. The van der Waals surface area contributed by atoms with Crippen molar-refractivity contribution in [2.75, 3.05) is 14.2 Å². The molecule has 124 valence electrons. The molecular formula is C16H18O7. The summed E-state index contributed by atoms with van der Waals surface area (Å²) in [5.41, 5.74) is 0.472. The molecule has 1 aromatic carbocycles. The first kappa shape index (κ1) is 18.3. The number of aromatic hydroxyl groups is 1. The average molecular weight is 322 g/mol. The van der Waals surface area contributed by atoms with Crippen LogP contribution in [-0.2, 0) is 19.1 Å². The highest BCUT2D eigenvalue weighted by atomic mass is 16.5. The van der Waals surface area contributed by atoms with Gasteiger partial charge in [-0.3, -0.25) is 19.2 Å². The third-order valence-electron chi connectivity index (χ3n) is 3.12. The molecule has 1 N–H and O–H groups in total. The number of esters is 1. The zero-order valence-electron chi connectivity index (χ0n) is 13.2. The fourth-order valence-electron chi connectivity index (χ4n) is 2.06. The number of phenols is 1. The Balaban J connectivity index is 2.75. The van der Waals surface area contributed by atoms with Crippen molar-refractivity contribution < 1.29 is 33.8 Å². The van der Waals surface area contributed by atoms with Crippen molar-refractivity contribution >= 4 is 23.3 Å². The van der Waals surface area contributed by atoms with Gasteiger partial charge in [-0.2, -0.15) is 0 Å². The van der Waals surface area contributed by atoms with Crippen LogP contribution in [0.15, 0.2) is 12.1 Å². The molecule has 0 aromatic heterocycles. The molecule has 0 atom stereocenters. The lowest BCUT2D eigenvalue weighted by atomic mass is 9.98. The minimum atomic E-state index is -0.738. The molecule has 0 heterocycles. The number of hydrogen-bond donors (Lipinski definition) is 1. The summed E-state index contributed by atoms with van der Waals surface area (Å²) < 4.78 is 9.29. The molecule has 23 heavy (non-hydrogen) atoms.